The molecule has 2 saturated heterocycles. The first-order valence-electron chi connectivity index (χ1n) is 11.2. The molecule has 2 aliphatic rings. The number of hydrogen-bond acceptors (Lipinski definition) is 5. The maximum Gasteiger partial charge on any atom is 0.255 e. The zero-order chi connectivity index (χ0) is 21.2. The van der Waals surface area contributed by atoms with Gasteiger partial charge in [0, 0.05) is 58.2 Å². The Hall–Kier alpha value is -2.77. The summed E-state index contributed by atoms with van der Waals surface area (Å²) in [5.41, 5.74) is 4.94. The SMILES string of the molecule is Cc1ccccc1CN1CCN(C(=O)c2cnc3c(c2)ncn3C2CCOCC2)CC1. The van der Waals surface area contributed by atoms with Crippen LogP contribution < -0.4 is 0 Å². The predicted octanol–water partition coefficient (Wildman–Crippen LogP) is 3.05. The second-order valence-corrected chi connectivity index (χ2v) is 8.56. The Bertz CT molecular complexity index is 1060. The molecule has 0 atom stereocenters. The summed E-state index contributed by atoms with van der Waals surface area (Å²) < 4.78 is 7.60. The number of fused-ring (bicyclic) bond motifs is 1. The number of aromatic nitrogens is 3. The monoisotopic (exact) mass is 419 g/mol. The lowest BCUT2D eigenvalue weighted by Crippen LogP contribution is -2.48. The number of imidazole rings is 1. The Labute approximate surface area is 182 Å². The average molecular weight is 420 g/mol. The standard InChI is InChI=1S/C24H29N5O2/c1-18-4-2-3-5-19(18)16-27-8-10-28(11-9-27)24(30)20-14-22-23(25-15-20)29(17-26-22)21-6-12-31-13-7-21/h2-5,14-15,17,21H,6-13,16H2,1H3. The molecule has 3 aromatic rings. The van der Waals surface area contributed by atoms with Crippen molar-refractivity contribution in [3.63, 3.8) is 0 Å². The van der Waals surface area contributed by atoms with E-state index in [-0.39, 0.29) is 5.91 Å². The van der Waals surface area contributed by atoms with Gasteiger partial charge in [0.05, 0.1) is 11.9 Å². The molecule has 7 heteroatoms. The summed E-state index contributed by atoms with van der Waals surface area (Å²) in [5.74, 6) is 0.0468. The molecule has 1 amide bonds. The molecule has 0 spiro atoms. The summed E-state index contributed by atoms with van der Waals surface area (Å²) >= 11 is 0. The molecule has 1 aromatic carbocycles. The quantitative estimate of drug-likeness (QED) is 0.650. The number of ether oxygens (including phenoxy) is 1. The molecule has 0 unspecified atom stereocenters. The summed E-state index contributed by atoms with van der Waals surface area (Å²) in [7, 11) is 0. The smallest absolute Gasteiger partial charge is 0.255 e. The first-order valence-corrected chi connectivity index (χ1v) is 11.2. The molecular formula is C24H29N5O2. The second-order valence-electron chi connectivity index (χ2n) is 8.56. The number of amides is 1. The van der Waals surface area contributed by atoms with Crippen molar-refractivity contribution in [1.82, 2.24) is 24.3 Å². The molecule has 0 N–H and O–H groups in total. The Morgan fingerprint density at radius 2 is 1.87 bits per heavy atom. The number of benzene rings is 1. The van der Waals surface area contributed by atoms with Crippen LogP contribution in [0.1, 0.15) is 40.4 Å². The van der Waals surface area contributed by atoms with Crippen molar-refractivity contribution in [3.8, 4) is 0 Å². The molecule has 0 radical (unpaired) electrons. The van der Waals surface area contributed by atoms with Gasteiger partial charge in [-0.1, -0.05) is 24.3 Å². The zero-order valence-corrected chi connectivity index (χ0v) is 18.0. The topological polar surface area (TPSA) is 63.5 Å². The Morgan fingerprint density at radius 1 is 1.10 bits per heavy atom. The molecule has 4 heterocycles. The highest BCUT2D eigenvalue weighted by Crippen LogP contribution is 2.25. The minimum Gasteiger partial charge on any atom is -0.381 e. The number of rotatable bonds is 4. The van der Waals surface area contributed by atoms with Crippen LogP contribution in [-0.4, -0.2) is 69.6 Å². The summed E-state index contributed by atoms with van der Waals surface area (Å²) in [6.07, 6.45) is 5.51. The first-order chi connectivity index (χ1) is 15.2. The third-order valence-corrected chi connectivity index (χ3v) is 6.56. The normalized spacial score (nSPS) is 18.5. The van der Waals surface area contributed by atoms with Gasteiger partial charge in [0.2, 0.25) is 0 Å². The van der Waals surface area contributed by atoms with Crippen LogP contribution in [0.25, 0.3) is 11.2 Å². The van der Waals surface area contributed by atoms with Crippen LogP contribution in [0.4, 0.5) is 0 Å². The first kappa shape index (κ1) is 20.2. The molecule has 31 heavy (non-hydrogen) atoms. The van der Waals surface area contributed by atoms with E-state index in [2.05, 4.69) is 50.6 Å². The van der Waals surface area contributed by atoms with Crippen molar-refractivity contribution in [2.75, 3.05) is 39.4 Å². The Morgan fingerprint density at radius 3 is 2.65 bits per heavy atom. The fourth-order valence-electron chi connectivity index (χ4n) is 4.59. The van der Waals surface area contributed by atoms with Crippen molar-refractivity contribution in [3.05, 3.63) is 59.5 Å². The summed E-state index contributed by atoms with van der Waals surface area (Å²) in [6, 6.07) is 10.8. The molecule has 2 fully saturated rings. The van der Waals surface area contributed by atoms with Crippen molar-refractivity contribution < 1.29 is 9.53 Å². The van der Waals surface area contributed by atoms with Gasteiger partial charge >= 0.3 is 0 Å². The number of carbonyl (C=O) groups excluding carboxylic acids is 1. The third-order valence-electron chi connectivity index (χ3n) is 6.56. The lowest BCUT2D eigenvalue weighted by atomic mass is 10.1. The van der Waals surface area contributed by atoms with Crippen LogP contribution in [0.2, 0.25) is 0 Å². The van der Waals surface area contributed by atoms with Gasteiger partial charge in [-0.25, -0.2) is 9.97 Å². The van der Waals surface area contributed by atoms with Gasteiger partial charge in [-0.15, -0.1) is 0 Å². The highest BCUT2D eigenvalue weighted by atomic mass is 16.5. The number of piperazine rings is 1. The van der Waals surface area contributed by atoms with E-state index in [1.165, 1.54) is 11.1 Å². The molecule has 0 aliphatic carbocycles. The number of nitrogens with zero attached hydrogens (tertiary/aromatic N) is 5. The van der Waals surface area contributed by atoms with Gasteiger partial charge in [0.15, 0.2) is 5.65 Å². The lowest BCUT2D eigenvalue weighted by Gasteiger charge is -2.35. The van der Waals surface area contributed by atoms with Gasteiger partial charge < -0.3 is 14.2 Å². The lowest BCUT2D eigenvalue weighted by molar-refractivity contribution is 0.0628. The summed E-state index contributed by atoms with van der Waals surface area (Å²) in [6.45, 7) is 7.88. The molecular weight excluding hydrogens is 390 g/mol. The number of aryl methyl sites for hydroxylation is 1. The van der Waals surface area contributed by atoms with Crippen molar-refractivity contribution in [2.45, 2.75) is 32.4 Å². The molecule has 7 nitrogen and oxygen atoms in total. The Kier molecular flexibility index (Phi) is 5.70. The van der Waals surface area contributed by atoms with E-state index in [9.17, 15) is 4.79 Å². The van der Waals surface area contributed by atoms with E-state index >= 15 is 0 Å². The van der Waals surface area contributed by atoms with E-state index in [0.29, 0.717) is 11.6 Å². The van der Waals surface area contributed by atoms with Crippen LogP contribution in [0.3, 0.4) is 0 Å². The second kappa shape index (κ2) is 8.77. The fraction of sp³-hybridized carbons (Fsp3) is 0.458. The van der Waals surface area contributed by atoms with Crippen molar-refractivity contribution >= 4 is 17.1 Å². The van der Waals surface area contributed by atoms with Crippen LogP contribution in [0.15, 0.2) is 42.9 Å². The van der Waals surface area contributed by atoms with Gasteiger partial charge in [0.25, 0.3) is 5.91 Å². The molecule has 0 saturated carbocycles. The van der Waals surface area contributed by atoms with Gasteiger partial charge in [-0.2, -0.15) is 0 Å². The van der Waals surface area contributed by atoms with Gasteiger partial charge in [-0.05, 0) is 37.0 Å². The third kappa shape index (κ3) is 4.20. The predicted molar refractivity (Wildman–Crippen MR) is 119 cm³/mol. The number of pyridine rings is 1. The number of carbonyl (C=O) groups is 1. The van der Waals surface area contributed by atoms with Crippen LogP contribution in [0.5, 0.6) is 0 Å². The van der Waals surface area contributed by atoms with E-state index < -0.39 is 0 Å². The van der Waals surface area contributed by atoms with Gasteiger partial charge in [-0.3, -0.25) is 9.69 Å². The van der Waals surface area contributed by atoms with Crippen LogP contribution >= 0.6 is 0 Å². The van der Waals surface area contributed by atoms with E-state index in [1.54, 1.807) is 6.20 Å². The average Bonchev–Trinajstić information content (AvgIpc) is 3.24. The highest BCUT2D eigenvalue weighted by molar-refractivity contribution is 5.96. The molecule has 0 bridgehead atoms. The summed E-state index contributed by atoms with van der Waals surface area (Å²) in [4.78, 5) is 26.6. The largest absolute Gasteiger partial charge is 0.381 e. The minimum absolute atomic E-state index is 0.0468. The minimum atomic E-state index is 0.0468. The van der Waals surface area contributed by atoms with Gasteiger partial charge in [0.1, 0.15) is 5.52 Å². The van der Waals surface area contributed by atoms with E-state index in [4.69, 9.17) is 4.74 Å². The number of hydrogen-bond donors (Lipinski definition) is 0. The van der Waals surface area contributed by atoms with Crippen molar-refractivity contribution in [2.24, 2.45) is 0 Å². The fourth-order valence-corrected chi connectivity index (χ4v) is 4.59. The van der Waals surface area contributed by atoms with Crippen molar-refractivity contribution in [1.29, 1.82) is 0 Å². The molecule has 162 valence electrons. The highest BCUT2D eigenvalue weighted by Gasteiger charge is 2.24. The van der Waals surface area contributed by atoms with E-state index in [0.717, 1.165) is 69.9 Å². The molecule has 2 aromatic heterocycles. The van der Waals surface area contributed by atoms with Crippen LogP contribution in [-0.2, 0) is 11.3 Å². The zero-order valence-electron chi connectivity index (χ0n) is 18.0. The Balaban J connectivity index is 1.24. The summed E-state index contributed by atoms with van der Waals surface area (Å²) in [5, 5.41) is 0. The molecule has 5 rings (SSSR count). The van der Waals surface area contributed by atoms with Crippen LogP contribution in [0, 0.1) is 6.92 Å². The maximum absolute atomic E-state index is 13.1. The molecule has 2 aliphatic heterocycles. The van der Waals surface area contributed by atoms with E-state index in [1.807, 2.05) is 17.3 Å². The maximum atomic E-state index is 13.1.